The van der Waals surface area contributed by atoms with Gasteiger partial charge in [0.2, 0.25) is 0 Å². The van der Waals surface area contributed by atoms with Crippen molar-refractivity contribution in [1.82, 2.24) is 14.8 Å². The Labute approximate surface area is 94.4 Å². The molecule has 0 bridgehead atoms. The van der Waals surface area contributed by atoms with Crippen LogP contribution in [0.25, 0.3) is 0 Å². The maximum absolute atomic E-state index is 5.58. The van der Waals surface area contributed by atoms with Gasteiger partial charge in [-0.1, -0.05) is 11.8 Å². The van der Waals surface area contributed by atoms with Gasteiger partial charge in [-0.25, -0.2) is 0 Å². The first-order valence-electron chi connectivity index (χ1n) is 5.06. The molecule has 6 heteroatoms. The summed E-state index contributed by atoms with van der Waals surface area (Å²) < 4.78 is 7.37. The summed E-state index contributed by atoms with van der Waals surface area (Å²) in [6.45, 7) is 3.28. The van der Waals surface area contributed by atoms with Crippen molar-refractivity contribution in [2.75, 3.05) is 18.9 Å². The summed E-state index contributed by atoms with van der Waals surface area (Å²) in [7, 11) is 1.94. The summed E-state index contributed by atoms with van der Waals surface area (Å²) in [5, 5.41) is 8.73. The molecule has 0 amide bonds. The number of aromatic nitrogens is 3. The van der Waals surface area contributed by atoms with Crippen LogP contribution in [-0.2, 0) is 11.8 Å². The Morgan fingerprint density at radius 3 is 3.00 bits per heavy atom. The highest BCUT2D eigenvalue weighted by atomic mass is 32.2. The highest BCUT2D eigenvalue weighted by molar-refractivity contribution is 7.99. The fraction of sp³-hybridized carbons (Fsp3) is 0.778. The summed E-state index contributed by atoms with van der Waals surface area (Å²) in [6.07, 6.45) is 2.81. The molecule has 0 spiro atoms. The molecule has 1 atom stereocenters. The predicted octanol–water partition coefficient (Wildman–Crippen LogP) is 0.661. The maximum Gasteiger partial charge on any atom is 0.190 e. The number of hydrogen-bond acceptors (Lipinski definition) is 5. The lowest BCUT2D eigenvalue weighted by molar-refractivity contribution is 0.0674. The van der Waals surface area contributed by atoms with E-state index in [-0.39, 0.29) is 6.10 Å². The van der Waals surface area contributed by atoms with E-state index < -0.39 is 0 Å². The number of nitrogens with two attached hydrogens (primary N) is 1. The third kappa shape index (κ3) is 4.19. The van der Waals surface area contributed by atoms with Crippen molar-refractivity contribution < 1.29 is 4.74 Å². The Balaban J connectivity index is 2.23. The second-order valence-electron chi connectivity index (χ2n) is 3.17. The third-order valence-electron chi connectivity index (χ3n) is 2.01. The fourth-order valence-electron chi connectivity index (χ4n) is 1.19. The van der Waals surface area contributed by atoms with E-state index in [1.807, 2.05) is 18.5 Å². The highest BCUT2D eigenvalue weighted by Gasteiger charge is 2.07. The molecule has 1 rings (SSSR count). The van der Waals surface area contributed by atoms with Crippen LogP contribution in [0.5, 0.6) is 0 Å². The average Bonchev–Trinajstić information content (AvgIpc) is 2.63. The number of rotatable bonds is 7. The molecule has 0 radical (unpaired) electrons. The second-order valence-corrected chi connectivity index (χ2v) is 4.24. The summed E-state index contributed by atoms with van der Waals surface area (Å²) in [4.78, 5) is 0. The molecule has 2 N–H and O–H groups in total. The summed E-state index contributed by atoms with van der Waals surface area (Å²) in [5.41, 5.74) is 5.58. The van der Waals surface area contributed by atoms with Gasteiger partial charge in [0, 0.05) is 26.0 Å². The molecule has 86 valence electrons. The van der Waals surface area contributed by atoms with E-state index in [1.54, 1.807) is 18.1 Å². The molecule has 0 aromatic carbocycles. The fourth-order valence-corrected chi connectivity index (χ4v) is 2.11. The largest absolute Gasteiger partial charge is 0.377 e. The standard InChI is InChI=1S/C9H18N4OS/c1-3-14-8(6-10)4-5-15-9-12-11-7-13(9)2/h7-8H,3-6,10H2,1-2H3. The van der Waals surface area contributed by atoms with E-state index >= 15 is 0 Å². The lowest BCUT2D eigenvalue weighted by Crippen LogP contribution is -2.24. The zero-order valence-corrected chi connectivity index (χ0v) is 10.0. The van der Waals surface area contributed by atoms with Crippen LogP contribution in [0.1, 0.15) is 13.3 Å². The van der Waals surface area contributed by atoms with Gasteiger partial charge in [0.1, 0.15) is 6.33 Å². The summed E-state index contributed by atoms with van der Waals surface area (Å²) >= 11 is 1.68. The van der Waals surface area contributed by atoms with Crippen LogP contribution in [0.15, 0.2) is 11.5 Å². The monoisotopic (exact) mass is 230 g/mol. The maximum atomic E-state index is 5.58. The van der Waals surface area contributed by atoms with Gasteiger partial charge >= 0.3 is 0 Å². The number of hydrogen-bond donors (Lipinski definition) is 1. The highest BCUT2D eigenvalue weighted by Crippen LogP contribution is 2.15. The van der Waals surface area contributed by atoms with Crippen molar-refractivity contribution in [2.24, 2.45) is 12.8 Å². The zero-order chi connectivity index (χ0) is 11.1. The third-order valence-corrected chi connectivity index (χ3v) is 3.07. The smallest absolute Gasteiger partial charge is 0.190 e. The van der Waals surface area contributed by atoms with Crippen molar-refractivity contribution >= 4 is 11.8 Å². The van der Waals surface area contributed by atoms with Gasteiger partial charge in [-0.3, -0.25) is 0 Å². The molecule has 0 saturated heterocycles. The summed E-state index contributed by atoms with van der Waals surface area (Å²) in [6, 6.07) is 0. The number of nitrogens with zero attached hydrogens (tertiary/aromatic N) is 3. The molecule has 0 aliphatic carbocycles. The number of ether oxygens (including phenoxy) is 1. The molecule has 1 aromatic heterocycles. The Morgan fingerprint density at radius 1 is 1.67 bits per heavy atom. The molecular formula is C9H18N4OS. The van der Waals surface area contributed by atoms with Crippen LogP contribution in [0.3, 0.4) is 0 Å². The molecule has 0 aliphatic rings. The van der Waals surface area contributed by atoms with Crippen molar-refractivity contribution in [3.8, 4) is 0 Å². The first kappa shape index (κ1) is 12.5. The van der Waals surface area contributed by atoms with Crippen LogP contribution in [-0.4, -0.2) is 39.8 Å². The van der Waals surface area contributed by atoms with Crippen LogP contribution >= 0.6 is 11.8 Å². The van der Waals surface area contributed by atoms with Gasteiger partial charge in [0.15, 0.2) is 5.16 Å². The van der Waals surface area contributed by atoms with Crippen LogP contribution in [0.2, 0.25) is 0 Å². The van der Waals surface area contributed by atoms with Gasteiger partial charge in [0.05, 0.1) is 6.10 Å². The molecule has 1 heterocycles. The van der Waals surface area contributed by atoms with Gasteiger partial charge in [-0.2, -0.15) is 0 Å². The molecule has 1 unspecified atom stereocenters. The van der Waals surface area contributed by atoms with E-state index in [4.69, 9.17) is 10.5 Å². The summed E-state index contributed by atoms with van der Waals surface area (Å²) in [5.74, 6) is 0.953. The minimum atomic E-state index is 0.163. The average molecular weight is 230 g/mol. The van der Waals surface area contributed by atoms with Crippen LogP contribution in [0.4, 0.5) is 0 Å². The molecule has 15 heavy (non-hydrogen) atoms. The molecule has 1 aromatic rings. The molecule has 0 aliphatic heterocycles. The SMILES string of the molecule is CCOC(CN)CCSc1nncn1C. The number of aryl methyl sites for hydroxylation is 1. The second kappa shape index (κ2) is 6.81. The zero-order valence-electron chi connectivity index (χ0n) is 9.22. The first-order valence-corrected chi connectivity index (χ1v) is 6.05. The van der Waals surface area contributed by atoms with Crippen molar-refractivity contribution in [3.63, 3.8) is 0 Å². The lowest BCUT2D eigenvalue weighted by Gasteiger charge is -2.13. The topological polar surface area (TPSA) is 66.0 Å². The quantitative estimate of drug-likeness (QED) is 0.697. The van der Waals surface area contributed by atoms with E-state index in [9.17, 15) is 0 Å². The van der Waals surface area contributed by atoms with E-state index in [2.05, 4.69) is 10.2 Å². The van der Waals surface area contributed by atoms with Gasteiger partial charge in [-0.15, -0.1) is 10.2 Å². The van der Waals surface area contributed by atoms with E-state index in [0.717, 1.165) is 23.9 Å². The van der Waals surface area contributed by atoms with Crippen molar-refractivity contribution in [1.29, 1.82) is 0 Å². The number of thioether (sulfide) groups is 1. The van der Waals surface area contributed by atoms with Gasteiger partial charge < -0.3 is 15.0 Å². The van der Waals surface area contributed by atoms with E-state index in [1.165, 1.54) is 0 Å². The normalized spacial score (nSPS) is 13.0. The molecule has 0 fully saturated rings. The Hall–Kier alpha value is -0.590. The molecule has 0 saturated carbocycles. The Morgan fingerprint density at radius 2 is 2.47 bits per heavy atom. The van der Waals surface area contributed by atoms with Crippen LogP contribution in [0, 0.1) is 0 Å². The minimum Gasteiger partial charge on any atom is -0.377 e. The Bertz CT molecular complexity index is 279. The molecule has 5 nitrogen and oxygen atoms in total. The minimum absolute atomic E-state index is 0.163. The van der Waals surface area contributed by atoms with Crippen molar-refractivity contribution in [3.05, 3.63) is 6.33 Å². The van der Waals surface area contributed by atoms with E-state index in [0.29, 0.717) is 6.54 Å². The van der Waals surface area contributed by atoms with Gasteiger partial charge in [0.25, 0.3) is 0 Å². The van der Waals surface area contributed by atoms with Gasteiger partial charge in [-0.05, 0) is 13.3 Å². The first-order chi connectivity index (χ1) is 7.27. The lowest BCUT2D eigenvalue weighted by atomic mass is 10.3. The van der Waals surface area contributed by atoms with Crippen molar-refractivity contribution in [2.45, 2.75) is 24.6 Å². The Kier molecular flexibility index (Phi) is 5.67. The predicted molar refractivity (Wildman–Crippen MR) is 60.8 cm³/mol. The molecular weight excluding hydrogens is 212 g/mol. The van der Waals surface area contributed by atoms with Crippen LogP contribution < -0.4 is 5.73 Å².